The van der Waals surface area contributed by atoms with Crippen LogP contribution in [-0.2, 0) is 10.0 Å². The molecule has 2 rings (SSSR count). The third-order valence-corrected chi connectivity index (χ3v) is 5.61. The third kappa shape index (κ3) is 4.28. The van der Waals surface area contributed by atoms with Gasteiger partial charge in [-0.2, -0.15) is 0 Å². The van der Waals surface area contributed by atoms with E-state index in [1.54, 1.807) is 19.1 Å². The van der Waals surface area contributed by atoms with Crippen LogP contribution in [0.1, 0.15) is 22.8 Å². The maximum absolute atomic E-state index is 12.9. The number of benzene rings is 2. The van der Waals surface area contributed by atoms with Gasteiger partial charge in [0.05, 0.1) is 10.6 Å². The molecule has 6 heteroatoms. The molecule has 0 spiro atoms. The lowest BCUT2D eigenvalue weighted by Gasteiger charge is -2.23. The minimum absolute atomic E-state index is 0.149. The summed E-state index contributed by atoms with van der Waals surface area (Å²) >= 11 is 0. The largest absolute Gasteiger partial charge is 0.349 e. The van der Waals surface area contributed by atoms with Crippen molar-refractivity contribution in [3.05, 3.63) is 72.3 Å². The van der Waals surface area contributed by atoms with Crippen LogP contribution >= 0.6 is 0 Å². The van der Waals surface area contributed by atoms with Crippen LogP contribution in [0.15, 0.2) is 66.1 Å². The first-order chi connectivity index (χ1) is 11.9. The number of carbonyl (C=O) groups excluding carboxylic acids is 1. The van der Waals surface area contributed by atoms with Gasteiger partial charge in [0, 0.05) is 18.7 Å². The molecule has 0 aliphatic carbocycles. The number of nitrogens with zero attached hydrogens (tertiary/aromatic N) is 1. The van der Waals surface area contributed by atoms with Crippen molar-refractivity contribution < 1.29 is 13.2 Å². The lowest BCUT2D eigenvalue weighted by molar-refractivity contribution is 0.0958. The average molecular weight is 358 g/mol. The Kier molecular flexibility index (Phi) is 5.98. The van der Waals surface area contributed by atoms with Gasteiger partial charge in [0.25, 0.3) is 15.9 Å². The summed E-state index contributed by atoms with van der Waals surface area (Å²) in [6.45, 7) is 7.91. The molecule has 0 aliphatic rings. The van der Waals surface area contributed by atoms with E-state index in [-0.39, 0.29) is 10.8 Å². The fourth-order valence-corrected chi connectivity index (χ4v) is 3.91. The molecule has 0 aliphatic heterocycles. The second-order valence-corrected chi connectivity index (χ2v) is 7.39. The van der Waals surface area contributed by atoms with Crippen LogP contribution < -0.4 is 9.62 Å². The topological polar surface area (TPSA) is 66.5 Å². The van der Waals surface area contributed by atoms with Gasteiger partial charge in [-0.25, -0.2) is 8.42 Å². The summed E-state index contributed by atoms with van der Waals surface area (Å²) in [5.41, 5.74) is 2.01. The van der Waals surface area contributed by atoms with Gasteiger partial charge in [-0.1, -0.05) is 18.2 Å². The Bertz CT molecular complexity index is 858. The first-order valence-electron chi connectivity index (χ1n) is 7.98. The second-order valence-electron chi connectivity index (χ2n) is 5.53. The van der Waals surface area contributed by atoms with E-state index in [1.807, 2.05) is 25.1 Å². The number of rotatable bonds is 7. The molecule has 1 amide bonds. The highest BCUT2D eigenvalue weighted by Gasteiger charge is 2.23. The number of amides is 1. The molecular weight excluding hydrogens is 336 g/mol. The molecule has 0 radical (unpaired) electrons. The van der Waals surface area contributed by atoms with Crippen LogP contribution in [0.3, 0.4) is 0 Å². The Morgan fingerprint density at radius 3 is 2.44 bits per heavy atom. The average Bonchev–Trinajstić information content (AvgIpc) is 2.60. The third-order valence-electron chi connectivity index (χ3n) is 3.69. The molecule has 0 heterocycles. The number of sulfonamides is 1. The van der Waals surface area contributed by atoms with E-state index >= 15 is 0 Å². The Morgan fingerprint density at radius 1 is 1.20 bits per heavy atom. The number of nitrogens with one attached hydrogen (secondary N) is 1. The van der Waals surface area contributed by atoms with Crippen molar-refractivity contribution >= 4 is 21.6 Å². The quantitative estimate of drug-likeness (QED) is 0.773. The smallest absolute Gasteiger partial charge is 0.264 e. The van der Waals surface area contributed by atoms with E-state index in [1.165, 1.54) is 28.6 Å². The van der Waals surface area contributed by atoms with Crippen LogP contribution in [0, 0.1) is 6.92 Å². The molecule has 0 bridgehead atoms. The molecule has 0 unspecified atom stereocenters. The molecule has 132 valence electrons. The van der Waals surface area contributed by atoms with Gasteiger partial charge >= 0.3 is 0 Å². The zero-order chi connectivity index (χ0) is 18.4. The zero-order valence-electron chi connectivity index (χ0n) is 14.4. The fourth-order valence-electron chi connectivity index (χ4n) is 2.45. The summed E-state index contributed by atoms with van der Waals surface area (Å²) in [4.78, 5) is 12.0. The van der Waals surface area contributed by atoms with E-state index < -0.39 is 10.0 Å². The van der Waals surface area contributed by atoms with E-state index in [0.717, 1.165) is 5.56 Å². The van der Waals surface area contributed by atoms with Crippen molar-refractivity contribution in [1.82, 2.24) is 5.32 Å². The van der Waals surface area contributed by atoms with Crippen LogP contribution in [0.25, 0.3) is 0 Å². The Hall–Kier alpha value is -2.60. The zero-order valence-corrected chi connectivity index (χ0v) is 15.2. The van der Waals surface area contributed by atoms with Crippen molar-refractivity contribution in [2.75, 3.05) is 17.4 Å². The molecular formula is C19H22N2O3S. The standard InChI is InChI=1S/C19H22N2O3S/c1-4-13-20-19(22)16-9-11-18(12-10-16)25(23,24)21(5-2)17-8-6-7-15(3)14-17/h4,6-12,14H,1,5,13H2,2-3H3,(H,20,22). The molecule has 2 aromatic carbocycles. The van der Waals surface area contributed by atoms with Crippen LogP contribution in [0.2, 0.25) is 0 Å². The highest BCUT2D eigenvalue weighted by molar-refractivity contribution is 7.92. The normalized spacial score (nSPS) is 11.0. The predicted molar refractivity (Wildman–Crippen MR) is 100 cm³/mol. The van der Waals surface area contributed by atoms with Gasteiger partial charge in [0.1, 0.15) is 0 Å². The summed E-state index contributed by atoms with van der Waals surface area (Å²) in [5, 5.41) is 2.66. The molecule has 0 saturated heterocycles. The van der Waals surface area contributed by atoms with E-state index in [2.05, 4.69) is 11.9 Å². The molecule has 0 fully saturated rings. The number of anilines is 1. The number of carbonyl (C=O) groups is 1. The van der Waals surface area contributed by atoms with Gasteiger partial charge in [-0.15, -0.1) is 6.58 Å². The predicted octanol–water partition coefficient (Wildman–Crippen LogP) is 3.13. The first kappa shape index (κ1) is 18.7. The van der Waals surface area contributed by atoms with Gasteiger partial charge in [0.15, 0.2) is 0 Å². The highest BCUT2D eigenvalue weighted by atomic mass is 32.2. The monoisotopic (exact) mass is 358 g/mol. The van der Waals surface area contributed by atoms with Crippen molar-refractivity contribution in [3.63, 3.8) is 0 Å². The first-order valence-corrected chi connectivity index (χ1v) is 9.42. The molecule has 5 nitrogen and oxygen atoms in total. The lowest BCUT2D eigenvalue weighted by Crippen LogP contribution is -2.31. The van der Waals surface area contributed by atoms with Gasteiger partial charge in [-0.3, -0.25) is 9.10 Å². The van der Waals surface area contributed by atoms with Crippen LogP contribution in [-0.4, -0.2) is 27.4 Å². The van der Waals surface area contributed by atoms with Crippen LogP contribution in [0.5, 0.6) is 0 Å². The van der Waals surface area contributed by atoms with E-state index in [4.69, 9.17) is 0 Å². The minimum Gasteiger partial charge on any atom is -0.349 e. The number of aryl methyl sites for hydroxylation is 1. The van der Waals surface area contributed by atoms with Crippen molar-refractivity contribution in [1.29, 1.82) is 0 Å². The Morgan fingerprint density at radius 2 is 1.88 bits per heavy atom. The SMILES string of the molecule is C=CCNC(=O)c1ccc(S(=O)(=O)N(CC)c2cccc(C)c2)cc1. The lowest BCUT2D eigenvalue weighted by atomic mass is 10.2. The molecule has 1 N–H and O–H groups in total. The number of hydrogen-bond acceptors (Lipinski definition) is 3. The van der Waals surface area contributed by atoms with Gasteiger partial charge in [0.2, 0.25) is 0 Å². The van der Waals surface area contributed by atoms with E-state index in [0.29, 0.717) is 24.3 Å². The minimum atomic E-state index is -3.69. The molecule has 0 atom stereocenters. The maximum atomic E-state index is 12.9. The molecule has 0 aromatic heterocycles. The Balaban J connectivity index is 2.31. The summed E-state index contributed by atoms with van der Waals surface area (Å²) < 4.78 is 27.2. The Labute approximate surface area is 149 Å². The summed E-state index contributed by atoms with van der Waals surface area (Å²) in [7, 11) is -3.69. The van der Waals surface area contributed by atoms with Crippen molar-refractivity contribution in [2.24, 2.45) is 0 Å². The molecule has 0 saturated carbocycles. The van der Waals surface area contributed by atoms with Crippen LogP contribution in [0.4, 0.5) is 5.69 Å². The number of hydrogen-bond donors (Lipinski definition) is 1. The van der Waals surface area contributed by atoms with E-state index in [9.17, 15) is 13.2 Å². The maximum Gasteiger partial charge on any atom is 0.264 e. The second kappa shape index (κ2) is 7.98. The van der Waals surface area contributed by atoms with Gasteiger partial charge in [-0.05, 0) is 55.8 Å². The van der Waals surface area contributed by atoms with Gasteiger partial charge < -0.3 is 5.32 Å². The fraction of sp³-hybridized carbons (Fsp3) is 0.211. The van der Waals surface area contributed by atoms with Crippen molar-refractivity contribution in [2.45, 2.75) is 18.7 Å². The highest BCUT2D eigenvalue weighted by Crippen LogP contribution is 2.24. The van der Waals surface area contributed by atoms with Crippen molar-refractivity contribution in [3.8, 4) is 0 Å². The summed E-state index contributed by atoms with van der Waals surface area (Å²) in [6, 6.07) is 13.3. The molecule has 25 heavy (non-hydrogen) atoms. The summed E-state index contributed by atoms with van der Waals surface area (Å²) in [6.07, 6.45) is 1.58. The molecule has 2 aromatic rings. The summed E-state index contributed by atoms with van der Waals surface area (Å²) in [5.74, 6) is -0.269.